The first-order valence-electron chi connectivity index (χ1n) is 10.1. The number of ether oxygens (including phenoxy) is 1. The summed E-state index contributed by atoms with van der Waals surface area (Å²) in [5.74, 6) is 0.165. The molecule has 2 aliphatic rings. The summed E-state index contributed by atoms with van der Waals surface area (Å²) in [6, 6.07) is 10.5. The summed E-state index contributed by atoms with van der Waals surface area (Å²) in [7, 11) is 0. The number of hydrogen-bond acceptors (Lipinski definition) is 7. The van der Waals surface area contributed by atoms with Crippen molar-refractivity contribution in [2.45, 2.75) is 12.8 Å². The lowest BCUT2D eigenvalue weighted by Crippen LogP contribution is -2.46. The molecule has 2 aromatic rings. The molecular weight excluding hydrogens is 372 g/mol. The molecule has 0 amide bonds. The van der Waals surface area contributed by atoms with E-state index in [1.54, 1.807) is 11.3 Å². The Kier molecular flexibility index (Phi) is 6.57. The molecule has 2 fully saturated rings. The Morgan fingerprint density at radius 1 is 1.00 bits per heavy atom. The normalized spacial score (nSPS) is 18.4. The number of morpholine rings is 1. The standard InChI is InChI=1S/C21H28N4O2S/c26-20(7-4-8-23-13-15-27-16-14-23)19-17-28-21(22-19)25-11-9-24(10-12-25)18-5-2-1-3-6-18/h1-3,5-6,17H,4,7-16H2. The molecule has 150 valence electrons. The number of piperazine rings is 1. The monoisotopic (exact) mass is 400 g/mol. The van der Waals surface area contributed by atoms with Crippen LogP contribution in [-0.2, 0) is 4.74 Å². The summed E-state index contributed by atoms with van der Waals surface area (Å²) in [6.45, 7) is 8.36. The van der Waals surface area contributed by atoms with Crippen molar-refractivity contribution in [2.24, 2.45) is 0 Å². The van der Waals surface area contributed by atoms with Crippen LogP contribution in [-0.4, -0.2) is 74.7 Å². The molecule has 2 saturated heterocycles. The molecule has 7 heteroatoms. The number of nitrogens with zero attached hydrogens (tertiary/aromatic N) is 4. The average Bonchev–Trinajstić information content (AvgIpc) is 3.26. The van der Waals surface area contributed by atoms with Crippen LogP contribution >= 0.6 is 11.3 Å². The van der Waals surface area contributed by atoms with Crippen LogP contribution in [0, 0.1) is 0 Å². The van der Waals surface area contributed by atoms with Crippen molar-refractivity contribution in [2.75, 3.05) is 68.8 Å². The van der Waals surface area contributed by atoms with Crippen LogP contribution in [0.3, 0.4) is 0 Å². The van der Waals surface area contributed by atoms with Crippen molar-refractivity contribution < 1.29 is 9.53 Å². The van der Waals surface area contributed by atoms with E-state index in [2.05, 4.69) is 50.0 Å². The molecular formula is C21H28N4O2S. The molecule has 0 aliphatic carbocycles. The Morgan fingerprint density at radius 3 is 2.46 bits per heavy atom. The first-order chi connectivity index (χ1) is 13.8. The zero-order valence-electron chi connectivity index (χ0n) is 16.3. The second kappa shape index (κ2) is 9.49. The third-order valence-electron chi connectivity index (χ3n) is 5.43. The molecule has 1 aromatic heterocycles. The second-order valence-corrected chi connectivity index (χ2v) is 8.14. The minimum atomic E-state index is 0.165. The molecule has 28 heavy (non-hydrogen) atoms. The number of benzene rings is 1. The van der Waals surface area contributed by atoms with Gasteiger partial charge in [-0.15, -0.1) is 11.3 Å². The van der Waals surface area contributed by atoms with Crippen LogP contribution in [0.25, 0.3) is 0 Å². The van der Waals surface area contributed by atoms with Crippen molar-refractivity contribution in [1.29, 1.82) is 0 Å². The highest BCUT2D eigenvalue weighted by Crippen LogP contribution is 2.24. The van der Waals surface area contributed by atoms with E-state index in [9.17, 15) is 4.79 Å². The van der Waals surface area contributed by atoms with Crippen molar-refractivity contribution in [3.05, 3.63) is 41.4 Å². The predicted octanol–water partition coefficient (Wildman–Crippen LogP) is 2.76. The Labute approximate surface area is 170 Å². The van der Waals surface area contributed by atoms with E-state index >= 15 is 0 Å². The Bertz CT molecular complexity index is 753. The van der Waals surface area contributed by atoms with Crippen LogP contribution < -0.4 is 9.80 Å². The number of anilines is 2. The second-order valence-electron chi connectivity index (χ2n) is 7.31. The smallest absolute Gasteiger partial charge is 0.186 e. The zero-order chi connectivity index (χ0) is 19.2. The summed E-state index contributed by atoms with van der Waals surface area (Å²) < 4.78 is 5.36. The molecule has 0 saturated carbocycles. The van der Waals surface area contributed by atoms with E-state index in [-0.39, 0.29) is 5.78 Å². The van der Waals surface area contributed by atoms with Gasteiger partial charge >= 0.3 is 0 Å². The maximum Gasteiger partial charge on any atom is 0.186 e. The number of ketones is 1. The Balaban J connectivity index is 1.24. The number of carbonyl (C=O) groups excluding carboxylic acids is 1. The molecule has 0 atom stereocenters. The fraction of sp³-hybridized carbons (Fsp3) is 0.524. The SMILES string of the molecule is O=C(CCCN1CCOCC1)c1csc(N2CCN(c3ccccc3)CC2)n1. The largest absolute Gasteiger partial charge is 0.379 e. The number of carbonyl (C=O) groups is 1. The highest BCUT2D eigenvalue weighted by molar-refractivity contribution is 7.13. The van der Waals surface area contributed by atoms with Gasteiger partial charge in [0.05, 0.1) is 13.2 Å². The van der Waals surface area contributed by atoms with Gasteiger partial charge in [0.1, 0.15) is 5.69 Å². The first-order valence-corrected chi connectivity index (χ1v) is 11.0. The summed E-state index contributed by atoms with van der Waals surface area (Å²) in [5, 5.41) is 2.90. The van der Waals surface area contributed by atoms with Gasteiger partial charge in [0.25, 0.3) is 0 Å². The molecule has 1 aromatic carbocycles. The van der Waals surface area contributed by atoms with E-state index in [4.69, 9.17) is 4.74 Å². The molecule has 2 aliphatic heterocycles. The van der Waals surface area contributed by atoms with Crippen LogP contribution in [0.5, 0.6) is 0 Å². The quantitative estimate of drug-likeness (QED) is 0.666. The molecule has 0 unspecified atom stereocenters. The van der Waals surface area contributed by atoms with Crippen molar-refractivity contribution in [3.63, 3.8) is 0 Å². The third kappa shape index (κ3) is 4.90. The minimum absolute atomic E-state index is 0.165. The van der Waals surface area contributed by atoms with E-state index < -0.39 is 0 Å². The molecule has 0 radical (unpaired) electrons. The molecule has 0 spiro atoms. The van der Waals surface area contributed by atoms with E-state index in [0.29, 0.717) is 12.1 Å². The number of hydrogen-bond donors (Lipinski definition) is 0. The summed E-state index contributed by atoms with van der Waals surface area (Å²) in [6.07, 6.45) is 1.46. The number of thiazole rings is 1. The number of Topliss-reactive ketones (excluding diaryl/α,β-unsaturated/α-hetero) is 1. The van der Waals surface area contributed by atoms with E-state index in [0.717, 1.165) is 70.6 Å². The number of rotatable bonds is 7. The first kappa shape index (κ1) is 19.4. The van der Waals surface area contributed by atoms with Crippen molar-refractivity contribution in [1.82, 2.24) is 9.88 Å². The van der Waals surface area contributed by atoms with Gasteiger partial charge in [0.15, 0.2) is 10.9 Å². The lowest BCUT2D eigenvalue weighted by atomic mass is 10.2. The molecule has 4 rings (SSSR count). The highest BCUT2D eigenvalue weighted by Gasteiger charge is 2.21. The Morgan fingerprint density at radius 2 is 1.71 bits per heavy atom. The zero-order valence-corrected chi connectivity index (χ0v) is 17.1. The topological polar surface area (TPSA) is 48.9 Å². The van der Waals surface area contributed by atoms with Crippen LogP contribution in [0.4, 0.5) is 10.8 Å². The molecule has 0 N–H and O–H groups in total. The molecule has 3 heterocycles. The van der Waals surface area contributed by atoms with E-state index in [1.165, 1.54) is 5.69 Å². The van der Waals surface area contributed by atoms with Gasteiger partial charge in [0.2, 0.25) is 0 Å². The fourth-order valence-electron chi connectivity index (χ4n) is 3.75. The number of para-hydroxylation sites is 1. The van der Waals surface area contributed by atoms with Gasteiger partial charge in [0, 0.05) is 56.8 Å². The van der Waals surface area contributed by atoms with Crippen LogP contribution in [0.1, 0.15) is 23.3 Å². The molecule has 0 bridgehead atoms. The van der Waals surface area contributed by atoms with Gasteiger partial charge in [-0.05, 0) is 25.1 Å². The minimum Gasteiger partial charge on any atom is -0.379 e. The van der Waals surface area contributed by atoms with E-state index in [1.807, 2.05) is 5.38 Å². The number of aromatic nitrogens is 1. The van der Waals surface area contributed by atoms with Crippen LogP contribution in [0.2, 0.25) is 0 Å². The van der Waals surface area contributed by atoms with Gasteiger partial charge in [-0.3, -0.25) is 9.69 Å². The highest BCUT2D eigenvalue weighted by atomic mass is 32.1. The maximum atomic E-state index is 12.5. The van der Waals surface area contributed by atoms with Crippen molar-refractivity contribution in [3.8, 4) is 0 Å². The summed E-state index contributed by atoms with van der Waals surface area (Å²) in [5.41, 5.74) is 1.91. The predicted molar refractivity (Wildman–Crippen MR) is 114 cm³/mol. The average molecular weight is 401 g/mol. The van der Waals surface area contributed by atoms with Crippen LogP contribution in [0.15, 0.2) is 35.7 Å². The van der Waals surface area contributed by atoms with Crippen molar-refractivity contribution >= 4 is 27.9 Å². The summed E-state index contributed by atoms with van der Waals surface area (Å²) >= 11 is 1.59. The fourth-order valence-corrected chi connectivity index (χ4v) is 4.63. The van der Waals surface area contributed by atoms with Gasteiger partial charge in [-0.2, -0.15) is 0 Å². The van der Waals surface area contributed by atoms with Gasteiger partial charge in [-0.25, -0.2) is 4.98 Å². The third-order valence-corrected chi connectivity index (χ3v) is 6.33. The summed E-state index contributed by atoms with van der Waals surface area (Å²) in [4.78, 5) is 24.2. The Hall–Kier alpha value is -1.96. The maximum absolute atomic E-state index is 12.5. The lowest BCUT2D eigenvalue weighted by Gasteiger charge is -2.35. The van der Waals surface area contributed by atoms with Gasteiger partial charge < -0.3 is 14.5 Å². The lowest BCUT2D eigenvalue weighted by molar-refractivity contribution is 0.0371. The van der Waals surface area contributed by atoms with Gasteiger partial charge in [-0.1, -0.05) is 18.2 Å². The molecule has 6 nitrogen and oxygen atoms in total.